The molecule has 0 radical (unpaired) electrons. The number of hydrogen-bond donors (Lipinski definition) is 1. The van der Waals surface area contributed by atoms with Crippen LogP contribution in [0.5, 0.6) is 0 Å². The lowest BCUT2D eigenvalue weighted by Crippen LogP contribution is -2.43. The molecule has 0 aliphatic carbocycles. The maximum Gasteiger partial charge on any atom is 0.354 e. The van der Waals surface area contributed by atoms with Gasteiger partial charge in [-0.25, -0.2) is 14.8 Å². The summed E-state index contributed by atoms with van der Waals surface area (Å²) in [7, 11) is 0. The fourth-order valence-electron chi connectivity index (χ4n) is 2.41. The van der Waals surface area contributed by atoms with Crippen LogP contribution in [-0.2, 0) is 0 Å². The van der Waals surface area contributed by atoms with Gasteiger partial charge in [0.2, 0.25) is 5.95 Å². The topological polar surface area (TPSA) is 66.3 Å². The van der Waals surface area contributed by atoms with E-state index in [4.69, 9.17) is 5.11 Å². The zero-order valence-corrected chi connectivity index (χ0v) is 11.1. The monoisotopic (exact) mass is 249 g/mol. The predicted molar refractivity (Wildman–Crippen MR) is 68.9 cm³/mol. The molecule has 18 heavy (non-hydrogen) atoms. The first-order chi connectivity index (χ1) is 8.49. The van der Waals surface area contributed by atoms with Gasteiger partial charge in [0.05, 0.1) is 0 Å². The maximum absolute atomic E-state index is 11.0. The van der Waals surface area contributed by atoms with Crippen LogP contribution in [0.2, 0.25) is 0 Å². The third-order valence-corrected chi connectivity index (χ3v) is 3.69. The molecule has 0 aromatic carbocycles. The molecule has 5 nitrogen and oxygen atoms in total. The number of piperidine rings is 1. The molecule has 0 spiro atoms. The zero-order valence-electron chi connectivity index (χ0n) is 11.1. The minimum Gasteiger partial charge on any atom is -0.477 e. The maximum atomic E-state index is 11.0. The lowest BCUT2D eigenvalue weighted by Gasteiger charge is -2.38. The Morgan fingerprint density at radius 2 is 2.17 bits per heavy atom. The quantitative estimate of drug-likeness (QED) is 0.869. The van der Waals surface area contributed by atoms with Gasteiger partial charge in [0.15, 0.2) is 5.69 Å². The Hall–Kier alpha value is -1.65. The molecule has 2 unspecified atom stereocenters. The normalized spacial score (nSPS) is 24.1. The van der Waals surface area contributed by atoms with Gasteiger partial charge in [-0.1, -0.05) is 6.92 Å². The highest BCUT2D eigenvalue weighted by Gasteiger charge is 2.27. The molecule has 2 heterocycles. The summed E-state index contributed by atoms with van der Waals surface area (Å²) in [6, 6.07) is 1.85. The van der Waals surface area contributed by atoms with E-state index in [-0.39, 0.29) is 5.69 Å². The van der Waals surface area contributed by atoms with Crippen LogP contribution in [0, 0.1) is 12.8 Å². The summed E-state index contributed by atoms with van der Waals surface area (Å²) in [5.41, 5.74) is 0.769. The minimum atomic E-state index is -1.00. The number of aryl methyl sites for hydroxylation is 1. The van der Waals surface area contributed by atoms with Gasteiger partial charge >= 0.3 is 5.97 Å². The fourth-order valence-corrected chi connectivity index (χ4v) is 2.41. The first-order valence-corrected chi connectivity index (χ1v) is 6.34. The van der Waals surface area contributed by atoms with Gasteiger partial charge in [-0.05, 0) is 38.7 Å². The van der Waals surface area contributed by atoms with Crippen molar-refractivity contribution in [2.24, 2.45) is 5.92 Å². The summed E-state index contributed by atoms with van der Waals surface area (Å²) < 4.78 is 0. The molecule has 0 saturated carbocycles. The summed E-state index contributed by atoms with van der Waals surface area (Å²) in [4.78, 5) is 21.7. The largest absolute Gasteiger partial charge is 0.477 e. The first kappa shape index (κ1) is 12.8. The Balaban J connectivity index is 2.35. The van der Waals surface area contributed by atoms with Crippen LogP contribution in [0.1, 0.15) is 42.9 Å². The van der Waals surface area contributed by atoms with Gasteiger partial charge in [-0.2, -0.15) is 0 Å². The van der Waals surface area contributed by atoms with Gasteiger partial charge in [0.25, 0.3) is 0 Å². The molecule has 1 aliphatic rings. The predicted octanol–water partition coefficient (Wildman–Crippen LogP) is 2.11. The van der Waals surface area contributed by atoms with Crippen LogP contribution in [0.4, 0.5) is 5.95 Å². The number of carboxylic acid groups (broad SMARTS) is 1. The van der Waals surface area contributed by atoms with Crippen molar-refractivity contribution in [1.82, 2.24) is 9.97 Å². The minimum absolute atomic E-state index is 0.0722. The lowest BCUT2D eigenvalue weighted by atomic mass is 9.92. The van der Waals surface area contributed by atoms with Crippen molar-refractivity contribution in [3.63, 3.8) is 0 Å². The van der Waals surface area contributed by atoms with Crippen LogP contribution < -0.4 is 4.90 Å². The Labute approximate surface area is 107 Å². The van der Waals surface area contributed by atoms with Crippen molar-refractivity contribution in [3.05, 3.63) is 17.5 Å². The van der Waals surface area contributed by atoms with E-state index in [1.54, 1.807) is 6.92 Å². The number of rotatable bonds is 2. The summed E-state index contributed by atoms with van der Waals surface area (Å²) in [5, 5.41) is 9.04. The summed E-state index contributed by atoms with van der Waals surface area (Å²) in [6.45, 7) is 7.06. The van der Waals surface area contributed by atoms with E-state index in [2.05, 4.69) is 28.7 Å². The van der Waals surface area contributed by atoms with E-state index in [0.29, 0.717) is 23.6 Å². The number of nitrogens with zero attached hydrogens (tertiary/aromatic N) is 3. The molecule has 98 valence electrons. The second-order valence-corrected chi connectivity index (χ2v) is 5.05. The second-order valence-electron chi connectivity index (χ2n) is 5.05. The first-order valence-electron chi connectivity index (χ1n) is 6.34. The molecule has 1 fully saturated rings. The van der Waals surface area contributed by atoms with E-state index in [1.807, 2.05) is 0 Å². The lowest BCUT2D eigenvalue weighted by molar-refractivity contribution is 0.0690. The molecule has 5 heteroatoms. The van der Waals surface area contributed by atoms with Gasteiger partial charge in [0, 0.05) is 18.3 Å². The van der Waals surface area contributed by atoms with Crippen LogP contribution in [0.15, 0.2) is 6.07 Å². The highest BCUT2D eigenvalue weighted by Crippen LogP contribution is 2.26. The molecular weight excluding hydrogens is 230 g/mol. The van der Waals surface area contributed by atoms with Crippen molar-refractivity contribution >= 4 is 11.9 Å². The van der Waals surface area contributed by atoms with Crippen LogP contribution in [0.3, 0.4) is 0 Å². The Bertz CT molecular complexity index is 462. The molecule has 0 bridgehead atoms. The SMILES string of the molecule is Cc1cc(C(=O)O)nc(N2CCCC(C)C2C)n1. The van der Waals surface area contributed by atoms with E-state index < -0.39 is 5.97 Å². The van der Waals surface area contributed by atoms with Gasteiger partial charge in [-0.15, -0.1) is 0 Å². The molecule has 1 N–H and O–H groups in total. The van der Waals surface area contributed by atoms with Crippen LogP contribution >= 0.6 is 0 Å². The third-order valence-electron chi connectivity index (χ3n) is 3.69. The highest BCUT2D eigenvalue weighted by atomic mass is 16.4. The average Bonchev–Trinajstić information content (AvgIpc) is 2.31. The Morgan fingerprint density at radius 1 is 1.44 bits per heavy atom. The van der Waals surface area contributed by atoms with Crippen molar-refractivity contribution in [3.8, 4) is 0 Å². The third kappa shape index (κ3) is 2.44. The van der Waals surface area contributed by atoms with Crippen molar-refractivity contribution in [1.29, 1.82) is 0 Å². The van der Waals surface area contributed by atoms with Crippen LogP contribution in [-0.4, -0.2) is 33.6 Å². The number of carbonyl (C=O) groups is 1. The number of carboxylic acids is 1. The smallest absolute Gasteiger partial charge is 0.354 e. The number of anilines is 1. The summed E-state index contributed by atoms with van der Waals surface area (Å²) in [6.07, 6.45) is 2.31. The van der Waals surface area contributed by atoms with Gasteiger partial charge in [-0.3, -0.25) is 0 Å². The zero-order chi connectivity index (χ0) is 13.3. The highest BCUT2D eigenvalue weighted by molar-refractivity contribution is 5.85. The molecule has 2 rings (SSSR count). The molecule has 1 saturated heterocycles. The van der Waals surface area contributed by atoms with Crippen molar-refractivity contribution < 1.29 is 9.90 Å². The van der Waals surface area contributed by atoms with Gasteiger partial charge in [0.1, 0.15) is 0 Å². The van der Waals surface area contributed by atoms with Crippen molar-refractivity contribution in [2.75, 3.05) is 11.4 Å². The Morgan fingerprint density at radius 3 is 2.83 bits per heavy atom. The number of hydrogen-bond acceptors (Lipinski definition) is 4. The number of aromatic nitrogens is 2. The molecule has 2 atom stereocenters. The van der Waals surface area contributed by atoms with E-state index >= 15 is 0 Å². The standard InChI is InChI=1S/C13H19N3O2/c1-8-5-4-6-16(10(8)3)13-14-9(2)7-11(15-13)12(17)18/h7-8,10H,4-6H2,1-3H3,(H,17,18). The molecule has 1 aliphatic heterocycles. The molecule has 0 amide bonds. The summed E-state index contributed by atoms with van der Waals surface area (Å²) in [5.74, 6) is 0.127. The summed E-state index contributed by atoms with van der Waals surface area (Å²) >= 11 is 0. The molecular formula is C13H19N3O2. The van der Waals surface area contributed by atoms with E-state index in [9.17, 15) is 4.79 Å². The van der Waals surface area contributed by atoms with Crippen molar-refractivity contribution in [2.45, 2.75) is 39.7 Å². The molecule has 1 aromatic heterocycles. The number of aromatic carboxylic acids is 1. The fraction of sp³-hybridized carbons (Fsp3) is 0.615. The van der Waals surface area contributed by atoms with Crippen LogP contribution in [0.25, 0.3) is 0 Å². The van der Waals surface area contributed by atoms with E-state index in [1.165, 1.54) is 12.5 Å². The average molecular weight is 249 g/mol. The Kier molecular flexibility index (Phi) is 3.50. The molecule has 1 aromatic rings. The van der Waals surface area contributed by atoms with Gasteiger partial charge < -0.3 is 10.0 Å². The second kappa shape index (κ2) is 4.92. The van der Waals surface area contributed by atoms with E-state index in [0.717, 1.165) is 13.0 Å².